The molecule has 1 aromatic rings. The van der Waals surface area contributed by atoms with Crippen molar-refractivity contribution in [1.82, 2.24) is 5.32 Å². The van der Waals surface area contributed by atoms with E-state index in [0.29, 0.717) is 5.88 Å². The van der Waals surface area contributed by atoms with Gasteiger partial charge in [-0.1, -0.05) is 42.5 Å². The zero-order valence-electron chi connectivity index (χ0n) is 8.25. The van der Waals surface area contributed by atoms with E-state index < -0.39 is 0 Å². The summed E-state index contributed by atoms with van der Waals surface area (Å²) in [6, 6.07) is 10.4. The van der Waals surface area contributed by atoms with E-state index in [2.05, 4.69) is 41.7 Å². The molecule has 0 aliphatic rings. The van der Waals surface area contributed by atoms with Gasteiger partial charge in [-0.15, -0.1) is 11.6 Å². The molecular weight excluding hydrogens is 194 g/mol. The topological polar surface area (TPSA) is 12.0 Å². The van der Waals surface area contributed by atoms with Crippen LogP contribution >= 0.6 is 11.6 Å². The molecule has 0 aromatic heterocycles. The van der Waals surface area contributed by atoms with Gasteiger partial charge in [-0.05, 0) is 12.0 Å². The monoisotopic (exact) mass is 209 g/mol. The summed E-state index contributed by atoms with van der Waals surface area (Å²) in [5, 5.41) is 3.33. The minimum absolute atomic E-state index is 0.704. The van der Waals surface area contributed by atoms with E-state index in [4.69, 9.17) is 11.6 Å². The van der Waals surface area contributed by atoms with E-state index >= 15 is 0 Å². The fourth-order valence-corrected chi connectivity index (χ4v) is 1.29. The van der Waals surface area contributed by atoms with Crippen LogP contribution in [0, 0.1) is 0 Å². The predicted molar refractivity (Wildman–Crippen MR) is 62.6 cm³/mol. The Balaban J connectivity index is 2.10. The highest BCUT2D eigenvalue weighted by Crippen LogP contribution is 1.96. The van der Waals surface area contributed by atoms with Gasteiger partial charge in [-0.25, -0.2) is 0 Å². The predicted octanol–water partition coefficient (Wildman–Crippen LogP) is 2.96. The lowest BCUT2D eigenvalue weighted by Gasteiger charge is -2.00. The quantitative estimate of drug-likeness (QED) is 0.432. The number of hydrogen-bond acceptors (Lipinski definition) is 1. The van der Waals surface area contributed by atoms with Crippen LogP contribution in [-0.4, -0.2) is 12.4 Å². The molecular formula is C12H16ClN. The minimum atomic E-state index is 0.704. The number of rotatable bonds is 6. The fourth-order valence-electron chi connectivity index (χ4n) is 1.16. The summed E-state index contributed by atoms with van der Waals surface area (Å²) >= 11 is 5.54. The molecule has 0 amide bonds. The molecule has 0 unspecified atom stereocenters. The van der Waals surface area contributed by atoms with Gasteiger partial charge in [-0.3, -0.25) is 0 Å². The zero-order valence-corrected chi connectivity index (χ0v) is 9.00. The van der Waals surface area contributed by atoms with Crippen molar-refractivity contribution >= 4 is 11.6 Å². The van der Waals surface area contributed by atoms with Crippen LogP contribution in [0.15, 0.2) is 42.5 Å². The van der Waals surface area contributed by atoms with Crippen LogP contribution in [-0.2, 0) is 6.54 Å². The molecule has 0 heterocycles. The Bertz CT molecular complexity index is 256. The number of benzene rings is 1. The molecule has 0 radical (unpaired) electrons. The maximum atomic E-state index is 5.54. The number of alkyl halides is 1. The number of halogens is 1. The van der Waals surface area contributed by atoms with Crippen molar-refractivity contribution in [2.75, 3.05) is 12.4 Å². The molecule has 0 aliphatic carbocycles. The second-order valence-electron chi connectivity index (χ2n) is 3.07. The van der Waals surface area contributed by atoms with Crippen molar-refractivity contribution in [3.05, 3.63) is 48.0 Å². The SMILES string of the molecule is ClCCC=CCNCc1ccccc1. The first-order chi connectivity index (χ1) is 6.93. The summed E-state index contributed by atoms with van der Waals surface area (Å²) in [5.41, 5.74) is 1.32. The van der Waals surface area contributed by atoms with Gasteiger partial charge in [0.25, 0.3) is 0 Å². The highest BCUT2D eigenvalue weighted by atomic mass is 35.5. The molecule has 0 spiro atoms. The minimum Gasteiger partial charge on any atom is -0.309 e. The van der Waals surface area contributed by atoms with Crippen LogP contribution in [0.1, 0.15) is 12.0 Å². The Morgan fingerprint density at radius 2 is 1.93 bits per heavy atom. The van der Waals surface area contributed by atoms with Crippen LogP contribution in [0.3, 0.4) is 0 Å². The van der Waals surface area contributed by atoms with E-state index in [1.54, 1.807) is 0 Å². The van der Waals surface area contributed by atoms with Crippen molar-refractivity contribution in [1.29, 1.82) is 0 Å². The van der Waals surface area contributed by atoms with Gasteiger partial charge >= 0.3 is 0 Å². The van der Waals surface area contributed by atoms with E-state index in [9.17, 15) is 0 Å². The summed E-state index contributed by atoms with van der Waals surface area (Å²) in [7, 11) is 0. The first kappa shape index (κ1) is 11.3. The van der Waals surface area contributed by atoms with Gasteiger partial charge < -0.3 is 5.32 Å². The first-order valence-corrected chi connectivity index (χ1v) is 5.42. The lowest BCUT2D eigenvalue weighted by Crippen LogP contribution is -2.12. The Hall–Kier alpha value is -0.790. The second-order valence-corrected chi connectivity index (χ2v) is 3.44. The molecule has 1 N–H and O–H groups in total. The molecule has 1 nitrogen and oxygen atoms in total. The summed E-state index contributed by atoms with van der Waals surface area (Å²) in [6.07, 6.45) is 5.17. The van der Waals surface area contributed by atoms with Crippen molar-refractivity contribution in [3.8, 4) is 0 Å². The molecule has 0 fully saturated rings. The molecule has 1 aromatic carbocycles. The third-order valence-electron chi connectivity index (χ3n) is 1.88. The number of hydrogen-bond donors (Lipinski definition) is 1. The van der Waals surface area contributed by atoms with E-state index in [1.807, 2.05) is 6.07 Å². The van der Waals surface area contributed by atoms with E-state index in [-0.39, 0.29) is 0 Å². The molecule has 0 saturated carbocycles. The van der Waals surface area contributed by atoms with E-state index in [0.717, 1.165) is 19.5 Å². The maximum Gasteiger partial charge on any atom is 0.0258 e. The summed E-state index contributed by atoms with van der Waals surface area (Å²) in [4.78, 5) is 0. The third-order valence-corrected chi connectivity index (χ3v) is 2.09. The third kappa shape index (κ3) is 5.05. The average molecular weight is 210 g/mol. The van der Waals surface area contributed by atoms with Crippen LogP contribution in [0.4, 0.5) is 0 Å². The van der Waals surface area contributed by atoms with Gasteiger partial charge in [-0.2, -0.15) is 0 Å². The fraction of sp³-hybridized carbons (Fsp3) is 0.333. The summed E-state index contributed by atoms with van der Waals surface area (Å²) in [5.74, 6) is 0.704. The molecule has 0 saturated heterocycles. The standard InChI is InChI=1S/C12H16ClN/c13-9-5-2-6-10-14-11-12-7-3-1-4-8-12/h1-4,6-8,14H,5,9-11H2. The van der Waals surface area contributed by atoms with Crippen LogP contribution in [0.25, 0.3) is 0 Å². The lowest BCUT2D eigenvalue weighted by atomic mass is 10.2. The highest BCUT2D eigenvalue weighted by molar-refractivity contribution is 6.17. The largest absolute Gasteiger partial charge is 0.309 e. The molecule has 1 rings (SSSR count). The number of nitrogens with one attached hydrogen (secondary N) is 1. The molecule has 76 valence electrons. The Morgan fingerprint density at radius 1 is 1.14 bits per heavy atom. The first-order valence-electron chi connectivity index (χ1n) is 4.89. The second kappa shape index (κ2) is 7.60. The van der Waals surface area contributed by atoms with E-state index in [1.165, 1.54) is 5.56 Å². The molecule has 0 bridgehead atoms. The normalized spacial score (nSPS) is 10.9. The Morgan fingerprint density at radius 3 is 2.64 bits per heavy atom. The van der Waals surface area contributed by atoms with Crippen molar-refractivity contribution in [3.63, 3.8) is 0 Å². The summed E-state index contributed by atoms with van der Waals surface area (Å²) in [6.45, 7) is 1.83. The highest BCUT2D eigenvalue weighted by Gasteiger charge is 1.87. The molecule has 0 aliphatic heterocycles. The molecule has 14 heavy (non-hydrogen) atoms. The van der Waals surface area contributed by atoms with Crippen molar-refractivity contribution < 1.29 is 0 Å². The lowest BCUT2D eigenvalue weighted by molar-refractivity contribution is 0.758. The number of allylic oxidation sites excluding steroid dienone is 1. The Kier molecular flexibility index (Phi) is 6.13. The molecule has 2 heteroatoms. The zero-order chi connectivity index (χ0) is 10.1. The van der Waals surface area contributed by atoms with Gasteiger partial charge in [0.05, 0.1) is 0 Å². The van der Waals surface area contributed by atoms with Crippen molar-refractivity contribution in [2.45, 2.75) is 13.0 Å². The smallest absolute Gasteiger partial charge is 0.0258 e. The van der Waals surface area contributed by atoms with Gasteiger partial charge in [0.1, 0.15) is 0 Å². The van der Waals surface area contributed by atoms with Gasteiger partial charge in [0.2, 0.25) is 0 Å². The van der Waals surface area contributed by atoms with Gasteiger partial charge in [0.15, 0.2) is 0 Å². The average Bonchev–Trinajstić information content (AvgIpc) is 2.25. The molecule has 0 atom stereocenters. The maximum absolute atomic E-state index is 5.54. The van der Waals surface area contributed by atoms with Crippen LogP contribution < -0.4 is 5.32 Å². The van der Waals surface area contributed by atoms with Crippen LogP contribution in [0.2, 0.25) is 0 Å². The Labute approximate surface area is 90.8 Å². The van der Waals surface area contributed by atoms with Gasteiger partial charge in [0, 0.05) is 19.0 Å². The van der Waals surface area contributed by atoms with Crippen LogP contribution in [0.5, 0.6) is 0 Å². The summed E-state index contributed by atoms with van der Waals surface area (Å²) < 4.78 is 0. The van der Waals surface area contributed by atoms with Crippen molar-refractivity contribution in [2.24, 2.45) is 0 Å².